The van der Waals surface area contributed by atoms with E-state index in [1.807, 2.05) is 16.3 Å². The lowest BCUT2D eigenvalue weighted by atomic mass is 10.1. The average molecular weight is 288 g/mol. The highest BCUT2D eigenvalue weighted by Gasteiger charge is 2.31. The van der Waals surface area contributed by atoms with E-state index in [1.165, 1.54) is 15.5 Å². The molecule has 0 bridgehead atoms. The van der Waals surface area contributed by atoms with Gasteiger partial charge in [0.05, 0.1) is 6.04 Å². The Labute approximate surface area is 121 Å². The van der Waals surface area contributed by atoms with Gasteiger partial charge in [-0.3, -0.25) is 9.59 Å². The van der Waals surface area contributed by atoms with Crippen molar-refractivity contribution < 1.29 is 4.79 Å². The van der Waals surface area contributed by atoms with E-state index >= 15 is 0 Å². The summed E-state index contributed by atoms with van der Waals surface area (Å²) in [4.78, 5) is 27.4. The molecule has 0 aliphatic carbocycles. The van der Waals surface area contributed by atoms with Crippen molar-refractivity contribution in [1.29, 1.82) is 0 Å². The molecule has 5 heteroatoms. The second-order valence-corrected chi connectivity index (χ2v) is 6.02. The van der Waals surface area contributed by atoms with Gasteiger partial charge in [-0.2, -0.15) is 0 Å². The molecule has 1 aliphatic rings. The fourth-order valence-electron chi connectivity index (χ4n) is 2.63. The maximum Gasteiger partial charge on any atom is 0.254 e. The van der Waals surface area contributed by atoms with Crippen molar-refractivity contribution in [3.63, 3.8) is 0 Å². The highest BCUT2D eigenvalue weighted by molar-refractivity contribution is 7.10. The summed E-state index contributed by atoms with van der Waals surface area (Å²) in [5.74, 6) is -0.0430. The molecule has 1 atom stereocenters. The molecule has 2 aromatic heterocycles. The first-order valence-electron chi connectivity index (χ1n) is 6.68. The third-order valence-corrected chi connectivity index (χ3v) is 4.71. The van der Waals surface area contributed by atoms with Crippen molar-refractivity contribution >= 4 is 17.2 Å². The molecule has 2 aromatic rings. The smallest absolute Gasteiger partial charge is 0.254 e. The van der Waals surface area contributed by atoms with Gasteiger partial charge in [-0.25, -0.2) is 0 Å². The van der Waals surface area contributed by atoms with Crippen LogP contribution in [0.15, 0.2) is 40.6 Å². The molecule has 1 amide bonds. The van der Waals surface area contributed by atoms with Gasteiger partial charge in [0.25, 0.3) is 11.5 Å². The molecule has 0 saturated carbocycles. The van der Waals surface area contributed by atoms with Crippen LogP contribution in [0.1, 0.15) is 34.1 Å². The molecule has 1 aliphatic heterocycles. The monoisotopic (exact) mass is 288 g/mol. The van der Waals surface area contributed by atoms with E-state index in [4.69, 9.17) is 0 Å². The molecular formula is C15H16N2O2S. The van der Waals surface area contributed by atoms with Crippen molar-refractivity contribution in [2.75, 3.05) is 6.54 Å². The van der Waals surface area contributed by atoms with Crippen LogP contribution >= 0.6 is 11.3 Å². The number of aromatic nitrogens is 1. The lowest BCUT2D eigenvalue weighted by Crippen LogP contribution is -2.31. The number of pyridine rings is 1. The molecule has 104 valence electrons. The van der Waals surface area contributed by atoms with Gasteiger partial charge in [0.15, 0.2) is 0 Å². The van der Waals surface area contributed by atoms with Crippen molar-refractivity contribution in [3.05, 3.63) is 56.6 Å². The lowest BCUT2D eigenvalue weighted by molar-refractivity contribution is 0.0737. The Balaban J connectivity index is 1.89. The molecule has 1 saturated heterocycles. The summed E-state index contributed by atoms with van der Waals surface area (Å²) in [6.07, 6.45) is 3.65. The van der Waals surface area contributed by atoms with E-state index in [2.05, 4.69) is 6.07 Å². The Hall–Kier alpha value is -1.88. The van der Waals surface area contributed by atoms with E-state index in [0.717, 1.165) is 19.4 Å². The number of carbonyl (C=O) groups is 1. The average Bonchev–Trinajstić information content (AvgIpc) is 3.10. The van der Waals surface area contributed by atoms with E-state index in [0.29, 0.717) is 5.56 Å². The fraction of sp³-hybridized carbons (Fsp3) is 0.333. The molecular weight excluding hydrogens is 272 g/mol. The van der Waals surface area contributed by atoms with Gasteiger partial charge < -0.3 is 9.47 Å². The minimum atomic E-state index is -0.150. The summed E-state index contributed by atoms with van der Waals surface area (Å²) in [5, 5.41) is 2.04. The fourth-order valence-corrected chi connectivity index (χ4v) is 3.51. The second-order valence-electron chi connectivity index (χ2n) is 5.04. The highest BCUT2D eigenvalue weighted by atomic mass is 32.1. The van der Waals surface area contributed by atoms with Crippen LogP contribution in [-0.2, 0) is 7.05 Å². The molecule has 3 rings (SSSR count). The number of rotatable bonds is 2. The first-order valence-corrected chi connectivity index (χ1v) is 7.56. The lowest BCUT2D eigenvalue weighted by Gasteiger charge is -2.24. The molecule has 1 fully saturated rings. The third-order valence-electron chi connectivity index (χ3n) is 3.74. The van der Waals surface area contributed by atoms with Gasteiger partial charge in [-0.1, -0.05) is 6.07 Å². The predicted octanol–water partition coefficient (Wildman–Crippen LogP) is 2.42. The standard InChI is InChI=1S/C15H16N2O2S/c1-16-8-6-11(10-14(16)18)15(19)17-7-2-4-12(17)13-5-3-9-20-13/h3,5-6,8-10,12H,2,4,7H2,1H3/t12-/m1/s1. The molecule has 20 heavy (non-hydrogen) atoms. The predicted molar refractivity (Wildman–Crippen MR) is 79.0 cm³/mol. The first kappa shape index (κ1) is 13.1. The Morgan fingerprint density at radius 2 is 2.25 bits per heavy atom. The van der Waals surface area contributed by atoms with Crippen LogP contribution in [-0.4, -0.2) is 21.9 Å². The SMILES string of the molecule is Cn1ccc(C(=O)N2CCC[C@@H]2c2cccs2)cc1=O. The highest BCUT2D eigenvalue weighted by Crippen LogP contribution is 2.35. The quantitative estimate of drug-likeness (QED) is 0.851. The van der Waals surface area contributed by atoms with Crippen LogP contribution in [0.2, 0.25) is 0 Å². The zero-order chi connectivity index (χ0) is 14.1. The Morgan fingerprint density at radius 1 is 1.40 bits per heavy atom. The van der Waals surface area contributed by atoms with Gasteiger partial charge in [0.1, 0.15) is 0 Å². The van der Waals surface area contributed by atoms with Crippen molar-refractivity contribution in [3.8, 4) is 0 Å². The number of thiophene rings is 1. The number of hydrogen-bond acceptors (Lipinski definition) is 3. The number of amides is 1. The summed E-state index contributed by atoms with van der Waals surface area (Å²) in [6.45, 7) is 0.761. The Bertz CT molecular complexity index is 675. The molecule has 4 nitrogen and oxygen atoms in total. The van der Waals surface area contributed by atoms with Gasteiger partial charge in [0, 0.05) is 36.3 Å². The van der Waals surface area contributed by atoms with Gasteiger partial charge in [0.2, 0.25) is 0 Å². The third kappa shape index (κ3) is 2.29. The molecule has 0 radical (unpaired) electrons. The largest absolute Gasteiger partial charge is 0.331 e. The van der Waals surface area contributed by atoms with E-state index in [1.54, 1.807) is 30.6 Å². The molecule has 0 N–H and O–H groups in total. The van der Waals surface area contributed by atoms with Crippen molar-refractivity contribution in [1.82, 2.24) is 9.47 Å². The van der Waals surface area contributed by atoms with Crippen LogP contribution in [0.25, 0.3) is 0 Å². The van der Waals surface area contributed by atoms with E-state index in [-0.39, 0.29) is 17.5 Å². The van der Waals surface area contributed by atoms with Crippen molar-refractivity contribution in [2.24, 2.45) is 7.05 Å². The Morgan fingerprint density at radius 3 is 2.95 bits per heavy atom. The maximum atomic E-state index is 12.6. The van der Waals surface area contributed by atoms with Gasteiger partial charge in [-0.05, 0) is 30.4 Å². The second kappa shape index (κ2) is 5.25. The minimum absolute atomic E-state index is 0.0430. The van der Waals surface area contributed by atoms with Crippen LogP contribution < -0.4 is 5.56 Å². The zero-order valence-corrected chi connectivity index (χ0v) is 12.1. The molecule has 3 heterocycles. The first-order chi connectivity index (χ1) is 9.66. The number of carbonyl (C=O) groups excluding carboxylic acids is 1. The summed E-state index contributed by atoms with van der Waals surface area (Å²) >= 11 is 1.68. The molecule has 0 aromatic carbocycles. The van der Waals surface area contributed by atoms with Gasteiger partial charge in [-0.15, -0.1) is 11.3 Å². The minimum Gasteiger partial charge on any atom is -0.331 e. The summed E-state index contributed by atoms with van der Waals surface area (Å²) < 4.78 is 1.47. The van der Waals surface area contributed by atoms with Crippen LogP contribution in [0.3, 0.4) is 0 Å². The topological polar surface area (TPSA) is 42.3 Å². The van der Waals surface area contributed by atoms with Crippen LogP contribution in [0.5, 0.6) is 0 Å². The number of hydrogen-bond donors (Lipinski definition) is 0. The molecule has 0 unspecified atom stereocenters. The number of nitrogens with zero attached hydrogens (tertiary/aromatic N) is 2. The summed E-state index contributed by atoms with van der Waals surface area (Å²) in [6, 6.07) is 7.38. The zero-order valence-electron chi connectivity index (χ0n) is 11.3. The van der Waals surface area contributed by atoms with E-state index < -0.39 is 0 Å². The van der Waals surface area contributed by atoms with E-state index in [9.17, 15) is 9.59 Å². The van der Waals surface area contributed by atoms with Gasteiger partial charge >= 0.3 is 0 Å². The number of aryl methyl sites for hydroxylation is 1. The van der Waals surface area contributed by atoms with Crippen LogP contribution in [0, 0.1) is 0 Å². The van der Waals surface area contributed by atoms with Crippen molar-refractivity contribution in [2.45, 2.75) is 18.9 Å². The maximum absolute atomic E-state index is 12.6. The molecule has 0 spiro atoms. The summed E-state index contributed by atoms with van der Waals surface area (Å²) in [5.41, 5.74) is 0.333. The van der Waals surface area contributed by atoms with Crippen LogP contribution in [0.4, 0.5) is 0 Å². The number of likely N-dealkylation sites (tertiary alicyclic amines) is 1. The Kier molecular flexibility index (Phi) is 3.44. The summed E-state index contributed by atoms with van der Waals surface area (Å²) in [7, 11) is 1.68. The normalized spacial score (nSPS) is 18.4.